The molecule has 0 aromatic carbocycles. The van der Waals surface area contributed by atoms with Gasteiger partial charge in [0.05, 0.1) is 0 Å². The second-order valence-corrected chi connectivity index (χ2v) is 23.0. The standard InChI is InChI=1S/2C11H17Si.2ClH.Ti/c2*1-3-12(7-4-8-12)11-6-5-10(2)9-11;;;/h2*5-6,9H,3-4,7-8H2,1-2H3;2*1H;/q;;;;+2/p-2. The van der Waals surface area contributed by atoms with Gasteiger partial charge in [0, 0.05) is 0 Å². The van der Waals surface area contributed by atoms with E-state index >= 15 is 0 Å². The molecule has 0 saturated carbocycles. The first-order chi connectivity index (χ1) is 11.9. The van der Waals surface area contributed by atoms with Gasteiger partial charge in [-0.2, -0.15) is 0 Å². The van der Waals surface area contributed by atoms with Crippen LogP contribution in [-0.4, -0.2) is 16.1 Å². The smallest absolute Gasteiger partial charge is 1.00 e. The summed E-state index contributed by atoms with van der Waals surface area (Å²) < 4.78 is 0.789. The van der Waals surface area contributed by atoms with E-state index in [4.69, 9.17) is 0 Å². The van der Waals surface area contributed by atoms with Crippen LogP contribution in [0.25, 0.3) is 0 Å². The topological polar surface area (TPSA) is 0 Å². The van der Waals surface area contributed by atoms with Crippen molar-refractivity contribution in [3.63, 3.8) is 0 Å². The Labute approximate surface area is 190 Å². The van der Waals surface area contributed by atoms with Crippen molar-refractivity contribution >= 4 is 16.1 Å². The Morgan fingerprint density at radius 2 is 1.15 bits per heavy atom. The molecule has 4 aliphatic rings. The Bertz CT molecular complexity index is 619. The number of allylic oxidation sites excluding steroid dienone is 8. The third-order valence-corrected chi connectivity index (χ3v) is 21.5. The SMILES string of the molecule is CC[Si]1(C2=C[C](C)([Ti+2][C]3(C)C=CC([Si]4(CC)CCC4)=C3)C=C2)CCC1.[Cl-].[Cl-]. The van der Waals surface area contributed by atoms with Crippen LogP contribution in [0.4, 0.5) is 0 Å². The maximum absolute atomic E-state index is 2.75. The first-order valence-electron chi connectivity index (χ1n) is 10.5. The van der Waals surface area contributed by atoms with E-state index < -0.39 is 16.1 Å². The van der Waals surface area contributed by atoms with E-state index in [9.17, 15) is 0 Å². The predicted octanol–water partition coefficient (Wildman–Crippen LogP) is 1.25. The fraction of sp³-hybridized carbons (Fsp3) is 0.636. The number of hydrogen-bond acceptors (Lipinski definition) is 0. The Hall–Kier alpha value is 0.688. The molecular formula is C22H34Cl2Si2Ti. The fourth-order valence-electron chi connectivity index (χ4n) is 5.66. The van der Waals surface area contributed by atoms with Gasteiger partial charge in [0.2, 0.25) is 0 Å². The van der Waals surface area contributed by atoms with Crippen LogP contribution in [0.3, 0.4) is 0 Å². The van der Waals surface area contributed by atoms with Crippen LogP contribution < -0.4 is 24.8 Å². The van der Waals surface area contributed by atoms with Crippen molar-refractivity contribution in [3.8, 4) is 0 Å². The minimum Gasteiger partial charge on any atom is -1.00 e. The summed E-state index contributed by atoms with van der Waals surface area (Å²) in [7, 11) is -2.06. The number of hydrogen-bond donors (Lipinski definition) is 0. The molecule has 2 saturated heterocycles. The summed E-state index contributed by atoms with van der Waals surface area (Å²) in [6, 6.07) is 9.16. The predicted molar refractivity (Wildman–Crippen MR) is 112 cm³/mol. The third kappa shape index (κ3) is 4.14. The Morgan fingerprint density at radius 3 is 1.41 bits per heavy atom. The van der Waals surface area contributed by atoms with Crippen molar-refractivity contribution in [2.45, 2.75) is 84.2 Å². The van der Waals surface area contributed by atoms with E-state index in [2.05, 4.69) is 64.2 Å². The first kappa shape index (κ1) is 24.0. The van der Waals surface area contributed by atoms with Crippen molar-refractivity contribution < 1.29 is 44.0 Å². The number of rotatable bonds is 6. The van der Waals surface area contributed by atoms with Crippen molar-refractivity contribution in [2.75, 3.05) is 0 Å². The van der Waals surface area contributed by atoms with Gasteiger partial charge in [-0.1, -0.05) is 0 Å². The Kier molecular flexibility index (Phi) is 7.49. The van der Waals surface area contributed by atoms with Gasteiger partial charge in [-0.3, -0.25) is 0 Å². The molecule has 0 spiro atoms. The molecule has 4 rings (SSSR count). The molecule has 2 fully saturated rings. The molecule has 0 aromatic rings. The maximum Gasteiger partial charge on any atom is -1.00 e. The zero-order valence-corrected chi connectivity index (χ0v) is 22.5. The normalized spacial score (nSPS) is 34.4. The average Bonchev–Trinajstić information content (AvgIpc) is 3.03. The third-order valence-electron chi connectivity index (χ3n) is 7.87. The van der Waals surface area contributed by atoms with Gasteiger partial charge in [0.25, 0.3) is 0 Å². The van der Waals surface area contributed by atoms with Gasteiger partial charge < -0.3 is 24.8 Å². The average molecular weight is 473 g/mol. The molecule has 2 unspecified atom stereocenters. The number of halogens is 2. The second-order valence-electron chi connectivity index (χ2n) is 9.53. The second kappa shape index (κ2) is 8.44. The summed E-state index contributed by atoms with van der Waals surface area (Å²) in [4.78, 5) is 0. The van der Waals surface area contributed by atoms with E-state index in [0.29, 0.717) is 7.44 Å². The monoisotopic (exact) mass is 472 g/mol. The molecule has 0 amide bonds. The molecule has 2 atom stereocenters. The summed E-state index contributed by atoms with van der Waals surface area (Å²) in [5, 5.41) is 3.64. The molecule has 0 aromatic heterocycles. The van der Waals surface area contributed by atoms with E-state index in [0.717, 1.165) is 0 Å². The van der Waals surface area contributed by atoms with Crippen molar-refractivity contribution in [1.29, 1.82) is 0 Å². The summed E-state index contributed by atoms with van der Waals surface area (Å²) >= 11 is -0.120. The summed E-state index contributed by atoms with van der Waals surface area (Å²) in [5.41, 5.74) is 0. The quantitative estimate of drug-likeness (QED) is 0.510. The van der Waals surface area contributed by atoms with Crippen molar-refractivity contribution in [2.24, 2.45) is 0 Å². The first-order valence-corrected chi connectivity index (χ1v) is 17.3. The van der Waals surface area contributed by atoms with Gasteiger partial charge in [-0.15, -0.1) is 0 Å². The van der Waals surface area contributed by atoms with E-state index in [-0.39, 0.29) is 44.0 Å². The summed E-state index contributed by atoms with van der Waals surface area (Å²) in [5.74, 6) is 0. The van der Waals surface area contributed by atoms with Crippen LogP contribution in [0.5, 0.6) is 0 Å². The molecule has 2 aliphatic heterocycles. The molecule has 0 nitrogen and oxygen atoms in total. The van der Waals surface area contributed by atoms with Crippen LogP contribution in [0.15, 0.2) is 46.8 Å². The molecule has 0 radical (unpaired) electrons. The molecule has 27 heavy (non-hydrogen) atoms. The van der Waals surface area contributed by atoms with Crippen LogP contribution in [0.2, 0.25) is 43.7 Å². The van der Waals surface area contributed by atoms with Crippen LogP contribution in [0.1, 0.15) is 40.5 Å². The van der Waals surface area contributed by atoms with E-state index in [1.54, 1.807) is 24.2 Å². The summed E-state index contributed by atoms with van der Waals surface area (Å²) in [6.45, 7) is 9.98. The minimum atomic E-state index is -1.03. The molecular weight excluding hydrogens is 439 g/mol. The van der Waals surface area contributed by atoms with E-state index in [1.807, 2.05) is 10.4 Å². The van der Waals surface area contributed by atoms with Gasteiger partial charge in [-0.05, 0) is 0 Å². The van der Waals surface area contributed by atoms with Crippen molar-refractivity contribution in [3.05, 3.63) is 46.8 Å². The fourth-order valence-corrected chi connectivity index (χ4v) is 17.0. The van der Waals surface area contributed by atoms with Crippen LogP contribution >= 0.6 is 0 Å². The molecule has 2 aliphatic carbocycles. The molecule has 0 N–H and O–H groups in total. The van der Waals surface area contributed by atoms with Crippen LogP contribution in [-0.2, 0) is 19.2 Å². The maximum atomic E-state index is 2.75. The summed E-state index contributed by atoms with van der Waals surface area (Å²) in [6.07, 6.45) is 18.8. The van der Waals surface area contributed by atoms with Gasteiger partial charge in [0.1, 0.15) is 0 Å². The largest absolute Gasteiger partial charge is 1.00 e. The van der Waals surface area contributed by atoms with Gasteiger partial charge in [-0.25, -0.2) is 0 Å². The minimum absolute atomic E-state index is 0. The zero-order chi connectivity index (χ0) is 17.8. The van der Waals surface area contributed by atoms with Gasteiger partial charge in [0.15, 0.2) is 0 Å². The van der Waals surface area contributed by atoms with Gasteiger partial charge >= 0.3 is 166 Å². The molecule has 2 heterocycles. The van der Waals surface area contributed by atoms with Crippen LogP contribution in [0, 0.1) is 0 Å². The Balaban J connectivity index is 0.00000131. The zero-order valence-electron chi connectivity index (χ0n) is 17.4. The van der Waals surface area contributed by atoms with Crippen molar-refractivity contribution in [1.82, 2.24) is 0 Å². The molecule has 148 valence electrons. The molecule has 5 heteroatoms. The molecule has 0 bridgehead atoms. The Morgan fingerprint density at radius 1 is 0.778 bits per heavy atom. The van der Waals surface area contributed by atoms with E-state index in [1.165, 1.54) is 24.9 Å².